The Morgan fingerprint density at radius 2 is 1.81 bits per heavy atom. The van der Waals surface area contributed by atoms with Crippen molar-refractivity contribution in [2.45, 2.75) is 20.3 Å². The first-order valence-electron chi connectivity index (χ1n) is 7.48. The minimum Gasteiger partial charge on any atom is -0.354 e. The summed E-state index contributed by atoms with van der Waals surface area (Å²) in [6.45, 7) is 4.35. The van der Waals surface area contributed by atoms with Gasteiger partial charge >= 0.3 is 0 Å². The summed E-state index contributed by atoms with van der Waals surface area (Å²) < 4.78 is 0. The second kappa shape index (κ2) is 4.52. The van der Waals surface area contributed by atoms with Gasteiger partial charge in [-0.3, -0.25) is 0 Å². The van der Waals surface area contributed by atoms with E-state index in [1.807, 2.05) is 0 Å². The molecule has 0 unspecified atom stereocenters. The van der Waals surface area contributed by atoms with Crippen LogP contribution >= 0.6 is 0 Å². The molecule has 0 radical (unpaired) electrons. The largest absolute Gasteiger partial charge is 0.354 e. The molecule has 4 aromatic rings. The highest BCUT2D eigenvalue weighted by Crippen LogP contribution is 2.34. The SMILES string of the molecule is CC/C=C\c1[nH]c2c(ccc3[nH]c4ccccc4c32)c1C. The number of benzene rings is 2. The van der Waals surface area contributed by atoms with Crippen molar-refractivity contribution in [2.75, 3.05) is 0 Å². The van der Waals surface area contributed by atoms with Crippen molar-refractivity contribution >= 4 is 38.8 Å². The molecular weight excluding hydrogens is 256 g/mol. The highest BCUT2D eigenvalue weighted by molar-refractivity contribution is 6.19. The third kappa shape index (κ3) is 1.72. The summed E-state index contributed by atoms with van der Waals surface area (Å²) in [4.78, 5) is 7.12. The summed E-state index contributed by atoms with van der Waals surface area (Å²) in [7, 11) is 0. The molecule has 21 heavy (non-hydrogen) atoms. The Bertz CT molecular complexity index is 983. The monoisotopic (exact) mass is 274 g/mol. The third-order valence-corrected chi connectivity index (χ3v) is 4.26. The van der Waals surface area contributed by atoms with Crippen molar-refractivity contribution in [2.24, 2.45) is 0 Å². The number of rotatable bonds is 2. The maximum atomic E-state index is 3.61. The lowest BCUT2D eigenvalue weighted by Gasteiger charge is -1.95. The van der Waals surface area contributed by atoms with E-state index in [2.05, 4.69) is 72.4 Å². The molecule has 2 N–H and O–H groups in total. The smallest absolute Gasteiger partial charge is 0.0562 e. The van der Waals surface area contributed by atoms with Gasteiger partial charge in [-0.2, -0.15) is 0 Å². The van der Waals surface area contributed by atoms with Crippen LogP contribution in [0.1, 0.15) is 24.6 Å². The number of nitrogens with one attached hydrogen (secondary N) is 2. The first-order chi connectivity index (χ1) is 10.3. The van der Waals surface area contributed by atoms with E-state index >= 15 is 0 Å². The molecule has 2 heteroatoms. The van der Waals surface area contributed by atoms with Gasteiger partial charge in [-0.05, 0) is 37.1 Å². The van der Waals surface area contributed by atoms with E-state index in [-0.39, 0.29) is 0 Å². The van der Waals surface area contributed by atoms with Crippen molar-refractivity contribution in [3.05, 3.63) is 53.7 Å². The predicted molar refractivity (Wildman–Crippen MR) is 91.7 cm³/mol. The number of hydrogen-bond donors (Lipinski definition) is 2. The van der Waals surface area contributed by atoms with E-state index in [1.54, 1.807) is 0 Å². The summed E-state index contributed by atoms with van der Waals surface area (Å²) in [6, 6.07) is 12.9. The number of aryl methyl sites for hydroxylation is 1. The second-order valence-corrected chi connectivity index (χ2v) is 5.56. The average Bonchev–Trinajstić information content (AvgIpc) is 3.03. The van der Waals surface area contributed by atoms with Crippen molar-refractivity contribution < 1.29 is 0 Å². The van der Waals surface area contributed by atoms with E-state index in [4.69, 9.17) is 0 Å². The molecule has 2 nitrogen and oxygen atoms in total. The standard InChI is InChI=1S/C19H18N2/c1-3-4-8-15-12(2)13-10-11-17-18(19(13)21-15)14-7-5-6-9-16(14)20-17/h4-11,20-21H,3H2,1-2H3/b8-4-. The van der Waals surface area contributed by atoms with Crippen LogP contribution in [0.4, 0.5) is 0 Å². The van der Waals surface area contributed by atoms with E-state index in [0.29, 0.717) is 0 Å². The fraction of sp³-hybridized carbons (Fsp3) is 0.158. The lowest BCUT2D eigenvalue weighted by atomic mass is 10.1. The zero-order chi connectivity index (χ0) is 14.4. The number of H-pyrrole nitrogens is 2. The fourth-order valence-corrected chi connectivity index (χ4v) is 3.16. The summed E-state index contributed by atoms with van der Waals surface area (Å²) in [5.41, 5.74) is 6.15. The van der Waals surface area contributed by atoms with Crippen LogP contribution in [0.15, 0.2) is 42.5 Å². The van der Waals surface area contributed by atoms with Gasteiger partial charge < -0.3 is 9.97 Å². The Hall–Kier alpha value is -2.48. The van der Waals surface area contributed by atoms with Gasteiger partial charge in [0, 0.05) is 32.9 Å². The van der Waals surface area contributed by atoms with Gasteiger partial charge in [-0.15, -0.1) is 0 Å². The minimum atomic E-state index is 1.05. The maximum Gasteiger partial charge on any atom is 0.0562 e. The maximum absolute atomic E-state index is 3.61. The van der Waals surface area contributed by atoms with Gasteiger partial charge in [-0.1, -0.05) is 37.3 Å². The molecule has 0 aliphatic rings. The minimum absolute atomic E-state index is 1.05. The summed E-state index contributed by atoms with van der Waals surface area (Å²) in [5.74, 6) is 0. The summed E-state index contributed by atoms with van der Waals surface area (Å²) >= 11 is 0. The van der Waals surface area contributed by atoms with Gasteiger partial charge in [0.05, 0.1) is 5.52 Å². The normalized spacial score (nSPS) is 12.3. The molecule has 0 saturated heterocycles. The Labute approximate surface area is 123 Å². The molecule has 0 aliphatic heterocycles. The number of aromatic nitrogens is 2. The zero-order valence-corrected chi connectivity index (χ0v) is 12.3. The molecule has 2 aromatic heterocycles. The lowest BCUT2D eigenvalue weighted by molar-refractivity contribution is 1.23. The van der Waals surface area contributed by atoms with Gasteiger partial charge in [0.2, 0.25) is 0 Å². The number of para-hydroxylation sites is 1. The number of hydrogen-bond acceptors (Lipinski definition) is 0. The molecular formula is C19H18N2. The fourth-order valence-electron chi connectivity index (χ4n) is 3.16. The number of aromatic amines is 2. The zero-order valence-electron chi connectivity index (χ0n) is 12.3. The van der Waals surface area contributed by atoms with Crippen LogP contribution in [0.2, 0.25) is 0 Å². The number of allylic oxidation sites excluding steroid dienone is 1. The molecule has 0 fully saturated rings. The van der Waals surface area contributed by atoms with Gasteiger partial charge in [0.1, 0.15) is 0 Å². The van der Waals surface area contributed by atoms with Crippen molar-refractivity contribution in [1.82, 2.24) is 9.97 Å². The Kier molecular flexibility index (Phi) is 2.64. The van der Waals surface area contributed by atoms with Crippen molar-refractivity contribution in [3.63, 3.8) is 0 Å². The Morgan fingerprint density at radius 1 is 0.952 bits per heavy atom. The highest BCUT2D eigenvalue weighted by Gasteiger charge is 2.12. The van der Waals surface area contributed by atoms with Crippen LogP contribution in [0.3, 0.4) is 0 Å². The van der Waals surface area contributed by atoms with Crippen LogP contribution in [0, 0.1) is 6.92 Å². The van der Waals surface area contributed by atoms with Crippen LogP contribution in [0.25, 0.3) is 38.8 Å². The van der Waals surface area contributed by atoms with E-state index in [9.17, 15) is 0 Å². The summed E-state index contributed by atoms with van der Waals surface area (Å²) in [6.07, 6.45) is 5.44. The molecule has 0 aliphatic carbocycles. The van der Waals surface area contributed by atoms with Crippen LogP contribution in [-0.4, -0.2) is 9.97 Å². The molecule has 2 aromatic carbocycles. The lowest BCUT2D eigenvalue weighted by Crippen LogP contribution is -1.73. The molecule has 2 heterocycles. The van der Waals surface area contributed by atoms with Crippen LogP contribution in [0.5, 0.6) is 0 Å². The molecule has 0 saturated carbocycles. The van der Waals surface area contributed by atoms with Crippen molar-refractivity contribution in [3.8, 4) is 0 Å². The van der Waals surface area contributed by atoms with Crippen molar-refractivity contribution in [1.29, 1.82) is 0 Å². The third-order valence-electron chi connectivity index (χ3n) is 4.26. The molecule has 0 bridgehead atoms. The average molecular weight is 274 g/mol. The molecule has 0 spiro atoms. The Morgan fingerprint density at radius 3 is 2.67 bits per heavy atom. The van der Waals surface area contributed by atoms with Crippen LogP contribution in [-0.2, 0) is 0 Å². The predicted octanol–water partition coefficient (Wildman–Crippen LogP) is 5.53. The van der Waals surface area contributed by atoms with Gasteiger partial charge in [-0.25, -0.2) is 0 Å². The van der Waals surface area contributed by atoms with Crippen LogP contribution < -0.4 is 0 Å². The van der Waals surface area contributed by atoms with E-state index in [0.717, 1.165) is 6.42 Å². The van der Waals surface area contributed by atoms with Gasteiger partial charge in [0.25, 0.3) is 0 Å². The number of fused-ring (bicyclic) bond motifs is 5. The molecule has 104 valence electrons. The Balaban J connectivity index is 2.15. The summed E-state index contributed by atoms with van der Waals surface area (Å²) in [5, 5.41) is 3.88. The first kappa shape index (κ1) is 12.3. The topological polar surface area (TPSA) is 31.6 Å². The molecule has 0 amide bonds. The van der Waals surface area contributed by atoms with Gasteiger partial charge in [0.15, 0.2) is 0 Å². The second-order valence-electron chi connectivity index (χ2n) is 5.56. The quantitative estimate of drug-likeness (QED) is 0.481. The van der Waals surface area contributed by atoms with E-state index < -0.39 is 0 Å². The first-order valence-corrected chi connectivity index (χ1v) is 7.48. The molecule has 0 atom stereocenters. The highest BCUT2D eigenvalue weighted by atomic mass is 14.7. The molecule has 4 rings (SSSR count). The van der Waals surface area contributed by atoms with E-state index in [1.165, 1.54) is 44.0 Å².